The molecule has 1 rings (SSSR count). The summed E-state index contributed by atoms with van der Waals surface area (Å²) in [6.45, 7) is 4.55. The molecule has 0 aliphatic rings. The molecule has 0 bridgehead atoms. The van der Waals surface area contributed by atoms with Gasteiger partial charge in [-0.15, -0.1) is 22.9 Å². The summed E-state index contributed by atoms with van der Waals surface area (Å²) in [7, 11) is 2.12. The van der Waals surface area contributed by atoms with E-state index in [9.17, 15) is 0 Å². The van der Waals surface area contributed by atoms with Crippen molar-refractivity contribution in [3.05, 3.63) is 22.4 Å². The van der Waals surface area contributed by atoms with E-state index in [1.165, 1.54) is 4.88 Å². The molecule has 0 radical (unpaired) electrons. The van der Waals surface area contributed by atoms with Crippen molar-refractivity contribution in [1.29, 1.82) is 0 Å². The number of ether oxygens (including phenoxy) is 1. The van der Waals surface area contributed by atoms with Crippen LogP contribution in [0.4, 0.5) is 0 Å². The molecule has 0 fully saturated rings. The van der Waals surface area contributed by atoms with Crippen molar-refractivity contribution in [2.24, 2.45) is 0 Å². The van der Waals surface area contributed by atoms with Crippen molar-refractivity contribution in [2.45, 2.75) is 13.0 Å². The van der Waals surface area contributed by atoms with Crippen molar-refractivity contribution >= 4 is 22.9 Å². The third kappa shape index (κ3) is 4.51. The van der Waals surface area contributed by atoms with Gasteiger partial charge in [0.05, 0.1) is 13.2 Å². The van der Waals surface area contributed by atoms with E-state index in [0.717, 1.165) is 13.2 Å². The number of rotatable bonds is 7. The third-order valence-corrected chi connectivity index (χ3v) is 3.62. The lowest BCUT2D eigenvalue weighted by molar-refractivity contribution is 0.112. The first-order valence-electron chi connectivity index (χ1n) is 5.13. The Kier molecular flexibility index (Phi) is 6.25. The molecular weight excluding hydrogens is 230 g/mol. The van der Waals surface area contributed by atoms with E-state index in [1.807, 2.05) is 0 Å². The highest BCUT2D eigenvalue weighted by atomic mass is 35.5. The molecule has 86 valence electrons. The van der Waals surface area contributed by atoms with Gasteiger partial charge in [0.25, 0.3) is 0 Å². The zero-order valence-corrected chi connectivity index (χ0v) is 10.9. The second-order valence-electron chi connectivity index (χ2n) is 3.47. The minimum absolute atomic E-state index is 0.463. The van der Waals surface area contributed by atoms with Crippen molar-refractivity contribution in [2.75, 3.05) is 32.7 Å². The lowest BCUT2D eigenvalue weighted by Crippen LogP contribution is -2.26. The molecule has 1 aromatic rings. The number of alkyl halides is 1. The molecule has 0 saturated heterocycles. The molecule has 0 amide bonds. The highest BCUT2D eigenvalue weighted by Gasteiger charge is 2.11. The molecule has 0 aliphatic carbocycles. The molecule has 0 aliphatic heterocycles. The van der Waals surface area contributed by atoms with Gasteiger partial charge in [-0.25, -0.2) is 0 Å². The Morgan fingerprint density at radius 3 is 2.93 bits per heavy atom. The second-order valence-corrected chi connectivity index (χ2v) is 4.83. The molecular formula is C11H18ClNOS. The Balaban J connectivity index is 2.24. The van der Waals surface area contributed by atoms with E-state index in [4.69, 9.17) is 16.3 Å². The molecule has 0 N–H and O–H groups in total. The van der Waals surface area contributed by atoms with Crippen LogP contribution in [0.5, 0.6) is 0 Å². The third-order valence-electron chi connectivity index (χ3n) is 2.43. The summed E-state index contributed by atoms with van der Waals surface area (Å²) >= 11 is 7.32. The van der Waals surface area contributed by atoms with Crippen molar-refractivity contribution in [3.8, 4) is 0 Å². The van der Waals surface area contributed by atoms with Crippen molar-refractivity contribution in [3.63, 3.8) is 0 Å². The first-order valence-corrected chi connectivity index (χ1v) is 6.54. The fourth-order valence-electron chi connectivity index (χ4n) is 1.31. The normalized spacial score (nSPS) is 13.3. The standard InChI is InChI=1S/C11H18ClNOS/c1-10(11-4-3-9-15-11)13(2)6-8-14-7-5-12/h3-4,9-10H,5-8H2,1-2H3. The summed E-state index contributed by atoms with van der Waals surface area (Å²) in [6, 6.07) is 4.73. The maximum atomic E-state index is 5.52. The van der Waals surface area contributed by atoms with E-state index in [-0.39, 0.29) is 0 Å². The predicted octanol–water partition coefficient (Wildman–Crippen LogP) is 3.00. The summed E-state index contributed by atoms with van der Waals surface area (Å²) in [5.41, 5.74) is 0. The number of thiophene rings is 1. The number of hydrogen-bond donors (Lipinski definition) is 0. The van der Waals surface area contributed by atoms with Crippen LogP contribution in [0, 0.1) is 0 Å². The van der Waals surface area contributed by atoms with Crippen LogP contribution in [0.2, 0.25) is 0 Å². The predicted molar refractivity (Wildman–Crippen MR) is 66.9 cm³/mol. The van der Waals surface area contributed by atoms with Crippen LogP contribution in [0.1, 0.15) is 17.8 Å². The molecule has 4 heteroatoms. The van der Waals surface area contributed by atoms with Gasteiger partial charge in [0, 0.05) is 23.3 Å². The van der Waals surface area contributed by atoms with Gasteiger partial charge in [-0.3, -0.25) is 4.90 Å². The monoisotopic (exact) mass is 247 g/mol. The average Bonchev–Trinajstić information content (AvgIpc) is 2.76. The lowest BCUT2D eigenvalue weighted by Gasteiger charge is -2.23. The summed E-state index contributed by atoms with van der Waals surface area (Å²) in [5, 5.41) is 2.11. The number of likely N-dealkylation sites (N-methyl/N-ethyl adjacent to an activating group) is 1. The molecule has 15 heavy (non-hydrogen) atoms. The Bertz CT molecular complexity index is 253. The van der Waals surface area contributed by atoms with Gasteiger partial charge < -0.3 is 4.74 Å². The van der Waals surface area contributed by atoms with Crippen LogP contribution in [0.15, 0.2) is 17.5 Å². The van der Waals surface area contributed by atoms with Gasteiger partial charge >= 0.3 is 0 Å². The molecule has 2 nitrogen and oxygen atoms in total. The first kappa shape index (κ1) is 13.0. The quantitative estimate of drug-likeness (QED) is 0.543. The topological polar surface area (TPSA) is 12.5 Å². The van der Waals surface area contributed by atoms with Gasteiger partial charge in [-0.2, -0.15) is 0 Å². The smallest absolute Gasteiger partial charge is 0.0602 e. The molecule has 0 spiro atoms. The van der Waals surface area contributed by atoms with Crippen LogP contribution in [0.3, 0.4) is 0 Å². The Labute approximate surface area is 101 Å². The van der Waals surface area contributed by atoms with Crippen LogP contribution >= 0.6 is 22.9 Å². The van der Waals surface area contributed by atoms with Crippen LogP contribution in [-0.4, -0.2) is 37.6 Å². The minimum atomic E-state index is 0.463. The first-order chi connectivity index (χ1) is 7.25. The average molecular weight is 248 g/mol. The lowest BCUT2D eigenvalue weighted by atomic mass is 10.2. The van der Waals surface area contributed by atoms with Gasteiger partial charge in [-0.1, -0.05) is 6.07 Å². The largest absolute Gasteiger partial charge is 0.379 e. The summed E-state index contributed by atoms with van der Waals surface area (Å²) in [4.78, 5) is 3.69. The Morgan fingerprint density at radius 1 is 1.53 bits per heavy atom. The number of hydrogen-bond acceptors (Lipinski definition) is 3. The minimum Gasteiger partial charge on any atom is -0.379 e. The Morgan fingerprint density at radius 2 is 2.33 bits per heavy atom. The van der Waals surface area contributed by atoms with Gasteiger partial charge in [0.2, 0.25) is 0 Å². The SMILES string of the molecule is CC(c1cccs1)N(C)CCOCCCl. The number of halogens is 1. The van der Waals surface area contributed by atoms with Gasteiger partial charge in [0.15, 0.2) is 0 Å². The molecule has 0 aromatic carbocycles. The van der Waals surface area contributed by atoms with Gasteiger partial charge in [0.1, 0.15) is 0 Å². The molecule has 0 saturated carbocycles. The van der Waals surface area contributed by atoms with Crippen molar-refractivity contribution < 1.29 is 4.74 Å². The van der Waals surface area contributed by atoms with Gasteiger partial charge in [-0.05, 0) is 25.4 Å². The molecule has 1 atom stereocenters. The molecule has 1 unspecified atom stereocenters. The van der Waals surface area contributed by atoms with Crippen LogP contribution in [-0.2, 0) is 4.74 Å². The summed E-state index contributed by atoms with van der Waals surface area (Å²) in [5.74, 6) is 0.574. The zero-order chi connectivity index (χ0) is 11.1. The highest BCUT2D eigenvalue weighted by Crippen LogP contribution is 2.22. The van der Waals surface area contributed by atoms with E-state index >= 15 is 0 Å². The second kappa shape index (κ2) is 7.23. The Hall–Kier alpha value is -0.0900. The fraction of sp³-hybridized carbons (Fsp3) is 0.636. The van der Waals surface area contributed by atoms with Crippen LogP contribution in [0.25, 0.3) is 0 Å². The fourth-order valence-corrected chi connectivity index (χ4v) is 2.26. The number of nitrogens with zero attached hydrogens (tertiary/aromatic N) is 1. The summed E-state index contributed by atoms with van der Waals surface area (Å²) < 4.78 is 5.35. The van der Waals surface area contributed by atoms with E-state index in [2.05, 4.69) is 36.4 Å². The molecule has 1 heterocycles. The van der Waals surface area contributed by atoms with E-state index in [0.29, 0.717) is 18.5 Å². The van der Waals surface area contributed by atoms with E-state index in [1.54, 1.807) is 11.3 Å². The van der Waals surface area contributed by atoms with Crippen molar-refractivity contribution in [1.82, 2.24) is 4.90 Å². The maximum absolute atomic E-state index is 5.52. The van der Waals surface area contributed by atoms with Crippen LogP contribution < -0.4 is 0 Å². The maximum Gasteiger partial charge on any atom is 0.0602 e. The zero-order valence-electron chi connectivity index (χ0n) is 9.28. The highest BCUT2D eigenvalue weighted by molar-refractivity contribution is 7.10. The molecule has 1 aromatic heterocycles. The van der Waals surface area contributed by atoms with E-state index < -0.39 is 0 Å². The summed E-state index contributed by atoms with van der Waals surface area (Å²) in [6.07, 6.45) is 0.